The molecule has 0 bridgehead atoms. The van der Waals surface area contributed by atoms with Crippen molar-refractivity contribution in [2.45, 2.75) is 156 Å². The van der Waals surface area contributed by atoms with Crippen LogP contribution in [0.15, 0.2) is 0 Å². The summed E-state index contributed by atoms with van der Waals surface area (Å²) in [5, 5.41) is 2.70. The predicted octanol–water partition coefficient (Wildman–Crippen LogP) is 11.1. The molecule has 0 nitrogen and oxygen atoms in total. The molecule has 0 aliphatic heterocycles. The van der Waals surface area contributed by atoms with Gasteiger partial charge in [0, 0.05) is 0 Å². The van der Waals surface area contributed by atoms with E-state index in [4.69, 9.17) is 20.4 Å². The molecule has 0 aromatic carbocycles. The van der Waals surface area contributed by atoms with Crippen LogP contribution in [0.4, 0.5) is 0 Å². The SMILES string of the molecule is CC(C)(C)P(C(C)(C)C)C(C)(C)C.CC(C)(C)P(C(C)(C)C)C(C)(C)C.[Cl][Ni][Cl]. The molecule has 0 amide bonds. The Bertz CT molecular complexity index is 328. The van der Waals surface area contributed by atoms with Crippen LogP contribution in [-0.4, -0.2) is 30.9 Å². The second-order valence-corrected chi connectivity index (χ2v) is 24.8. The quantitative estimate of drug-likeness (QED) is 0.214. The molecule has 0 rings (SSSR count). The van der Waals surface area contributed by atoms with Crippen molar-refractivity contribution < 1.29 is 12.7 Å². The number of hydrogen-bond donors (Lipinski definition) is 0. The van der Waals surface area contributed by atoms with Gasteiger partial charge in [0.1, 0.15) is 0 Å². The molecular formula is C24H54Cl2NiP2. The Labute approximate surface area is 203 Å². The van der Waals surface area contributed by atoms with Crippen molar-refractivity contribution in [2.75, 3.05) is 0 Å². The molecule has 0 atom stereocenters. The van der Waals surface area contributed by atoms with E-state index in [1.165, 1.54) is 0 Å². The number of hydrogen-bond acceptors (Lipinski definition) is 0. The van der Waals surface area contributed by atoms with Crippen molar-refractivity contribution in [3.8, 4) is 0 Å². The molecule has 0 unspecified atom stereocenters. The fourth-order valence-electron chi connectivity index (χ4n) is 6.04. The number of halogens is 2. The Kier molecular flexibility index (Phi) is 15.2. The summed E-state index contributed by atoms with van der Waals surface area (Å²) in [5.74, 6) is 0. The molecule has 0 aromatic rings. The summed E-state index contributed by atoms with van der Waals surface area (Å²) in [6, 6.07) is 0. The van der Waals surface area contributed by atoms with Crippen molar-refractivity contribution in [1.82, 2.24) is 0 Å². The van der Waals surface area contributed by atoms with Gasteiger partial charge in [-0.3, -0.25) is 0 Å². The zero-order valence-corrected chi connectivity index (χ0v) is 27.3. The standard InChI is InChI=1S/2C12H27P.2ClH.Ni/c2*1-10(2,3)13(11(4,5)6)12(7,8)9;;;/h2*1-9H3;2*1H;/q;;;;+2/p-2. The molecule has 0 aromatic heterocycles. The zero-order chi connectivity index (χ0) is 24.9. The first-order valence-corrected chi connectivity index (χ1v) is 16.0. The minimum atomic E-state index is 0.0162. The molecule has 0 aliphatic carbocycles. The molecule has 184 valence electrons. The van der Waals surface area contributed by atoms with Gasteiger partial charge in [0.25, 0.3) is 0 Å². The van der Waals surface area contributed by atoms with Crippen molar-refractivity contribution in [1.29, 1.82) is 0 Å². The monoisotopic (exact) mass is 532 g/mol. The third-order valence-electron chi connectivity index (χ3n) is 4.02. The van der Waals surface area contributed by atoms with Gasteiger partial charge in [-0.05, 0) is 30.9 Å². The summed E-state index contributed by atoms with van der Waals surface area (Å²) in [4.78, 5) is 0. The normalized spacial score (nSPS) is 14.4. The first-order valence-electron chi connectivity index (χ1n) is 10.6. The molecular weight excluding hydrogens is 480 g/mol. The van der Waals surface area contributed by atoms with E-state index in [0.29, 0.717) is 43.6 Å². The fourth-order valence-corrected chi connectivity index (χ4v) is 18.1. The average Bonchev–Trinajstić information content (AvgIpc) is 2.14. The molecule has 0 saturated heterocycles. The first kappa shape index (κ1) is 35.5. The molecule has 29 heavy (non-hydrogen) atoms. The Morgan fingerprint density at radius 3 is 0.414 bits per heavy atom. The van der Waals surface area contributed by atoms with Gasteiger partial charge in [0.05, 0.1) is 0 Å². The Morgan fingerprint density at radius 2 is 0.414 bits per heavy atom. The van der Waals surface area contributed by atoms with E-state index in [2.05, 4.69) is 125 Å². The van der Waals surface area contributed by atoms with E-state index in [1.54, 1.807) is 0 Å². The van der Waals surface area contributed by atoms with Gasteiger partial charge in [0.15, 0.2) is 0 Å². The summed E-state index contributed by atoms with van der Waals surface area (Å²) < 4.78 is 0. The molecule has 0 spiro atoms. The summed E-state index contributed by atoms with van der Waals surface area (Å²) in [6.07, 6.45) is 0. The van der Waals surface area contributed by atoms with Crippen molar-refractivity contribution in [2.24, 2.45) is 0 Å². The van der Waals surface area contributed by atoms with E-state index in [1.807, 2.05) is 0 Å². The maximum absolute atomic E-state index is 4.70. The van der Waals surface area contributed by atoms with Crippen molar-refractivity contribution in [3.63, 3.8) is 0 Å². The van der Waals surface area contributed by atoms with Gasteiger partial charge in [0.2, 0.25) is 0 Å². The summed E-state index contributed by atoms with van der Waals surface area (Å²) >= 11 is 0.569. The second-order valence-electron chi connectivity index (χ2n) is 13.7. The van der Waals surface area contributed by atoms with E-state index in [-0.39, 0.29) is 15.8 Å². The van der Waals surface area contributed by atoms with Gasteiger partial charge in [-0.1, -0.05) is 140 Å². The maximum atomic E-state index is 4.70. The molecule has 0 aliphatic rings. The Hall–Kier alpha value is 1.93. The van der Waals surface area contributed by atoms with Crippen molar-refractivity contribution >= 4 is 36.2 Å². The van der Waals surface area contributed by atoms with Crippen LogP contribution in [0.5, 0.6) is 0 Å². The van der Waals surface area contributed by atoms with E-state index >= 15 is 0 Å². The fraction of sp³-hybridized carbons (Fsp3) is 1.00. The van der Waals surface area contributed by atoms with Crippen LogP contribution >= 0.6 is 36.2 Å². The van der Waals surface area contributed by atoms with Crippen molar-refractivity contribution in [3.05, 3.63) is 0 Å². The summed E-state index contributed by atoms with van der Waals surface area (Å²) in [6.45, 7) is 42.9. The minimum absolute atomic E-state index is 0.0162. The van der Waals surface area contributed by atoms with Crippen LogP contribution < -0.4 is 0 Å². The average molecular weight is 534 g/mol. The van der Waals surface area contributed by atoms with Crippen LogP contribution in [0, 0.1) is 0 Å². The van der Waals surface area contributed by atoms with E-state index in [0.717, 1.165) is 0 Å². The van der Waals surface area contributed by atoms with Gasteiger partial charge in [-0.25, -0.2) is 0 Å². The van der Waals surface area contributed by atoms with Crippen LogP contribution in [0.1, 0.15) is 125 Å². The molecule has 5 heteroatoms. The van der Waals surface area contributed by atoms with Gasteiger partial charge in [-0.15, -0.1) is 0 Å². The van der Waals surface area contributed by atoms with E-state index < -0.39 is 0 Å². The third-order valence-corrected chi connectivity index (χ3v) is 12.1. The summed E-state index contributed by atoms with van der Waals surface area (Å²) in [7, 11) is 9.44. The molecule has 0 fully saturated rings. The van der Waals surface area contributed by atoms with Crippen LogP contribution in [0.3, 0.4) is 0 Å². The molecule has 0 saturated carbocycles. The second kappa shape index (κ2) is 12.4. The van der Waals surface area contributed by atoms with Crippen LogP contribution in [0.25, 0.3) is 0 Å². The van der Waals surface area contributed by atoms with Gasteiger partial charge in [-0.2, -0.15) is 0 Å². The van der Waals surface area contributed by atoms with Crippen LogP contribution in [0.2, 0.25) is 0 Å². The number of rotatable bonds is 0. The zero-order valence-electron chi connectivity index (χ0n) is 23.0. The predicted molar refractivity (Wildman–Crippen MR) is 144 cm³/mol. The molecule has 0 radical (unpaired) electrons. The Balaban J connectivity index is -0.000000410. The van der Waals surface area contributed by atoms with Crippen LogP contribution in [-0.2, 0) is 12.7 Å². The molecule has 0 heterocycles. The van der Waals surface area contributed by atoms with Gasteiger partial charge < -0.3 is 0 Å². The first-order chi connectivity index (χ1) is 12.1. The Morgan fingerprint density at radius 1 is 0.345 bits per heavy atom. The third kappa shape index (κ3) is 16.2. The topological polar surface area (TPSA) is 0 Å². The summed E-state index contributed by atoms with van der Waals surface area (Å²) in [5.41, 5.74) is 0. The van der Waals surface area contributed by atoms with Gasteiger partial charge >= 0.3 is 33.0 Å². The molecule has 0 N–H and O–H groups in total. The van der Waals surface area contributed by atoms with E-state index in [9.17, 15) is 0 Å².